The molecule has 0 spiro atoms. The molecule has 0 saturated carbocycles. The molecular weight excluding hydrogens is 350 g/mol. The van der Waals surface area contributed by atoms with Gasteiger partial charge in [0.25, 0.3) is 5.91 Å². The number of rotatable bonds is 8. The first-order valence-corrected chi connectivity index (χ1v) is 9.75. The number of hydrogen-bond acceptors (Lipinski definition) is 4. The second-order valence-corrected chi connectivity index (χ2v) is 7.71. The van der Waals surface area contributed by atoms with Crippen molar-refractivity contribution in [2.75, 3.05) is 30.1 Å². The second-order valence-electron chi connectivity index (χ2n) is 5.87. The lowest BCUT2D eigenvalue weighted by atomic mass is 10.1. The topological polar surface area (TPSA) is 87.3 Å². The van der Waals surface area contributed by atoms with Gasteiger partial charge in [0.2, 0.25) is 10.0 Å². The van der Waals surface area contributed by atoms with Crippen molar-refractivity contribution in [1.29, 1.82) is 0 Å². The summed E-state index contributed by atoms with van der Waals surface area (Å²) in [6.45, 7) is 4.45. The molecule has 1 aromatic carbocycles. The summed E-state index contributed by atoms with van der Waals surface area (Å²) in [6.07, 6.45) is 2.60. The summed E-state index contributed by atoms with van der Waals surface area (Å²) in [5.74, 6) is 0.400. The number of para-hydroxylation sites is 1. The minimum atomic E-state index is -3.41. The number of amides is 1. The highest BCUT2D eigenvalue weighted by Crippen LogP contribution is 2.17. The molecule has 3 N–H and O–H groups in total. The van der Waals surface area contributed by atoms with Crippen molar-refractivity contribution in [2.45, 2.75) is 26.2 Å². The van der Waals surface area contributed by atoms with E-state index in [9.17, 15) is 13.2 Å². The zero-order valence-electron chi connectivity index (χ0n) is 13.9. The Morgan fingerprint density at radius 1 is 1.33 bits per heavy atom. The van der Waals surface area contributed by atoms with Crippen LogP contribution < -0.4 is 15.4 Å². The third-order valence-electron chi connectivity index (χ3n) is 3.91. The highest BCUT2D eigenvalue weighted by Gasteiger charge is 2.17. The molecular formula is C16H26ClN3O3S. The molecule has 0 bridgehead atoms. The number of hydrogen-bond donors (Lipinski definition) is 3. The van der Waals surface area contributed by atoms with E-state index >= 15 is 0 Å². The maximum absolute atomic E-state index is 12.3. The molecule has 0 radical (unpaired) electrons. The molecule has 1 aliphatic rings. The van der Waals surface area contributed by atoms with Gasteiger partial charge in [0.15, 0.2) is 0 Å². The van der Waals surface area contributed by atoms with Crippen molar-refractivity contribution >= 4 is 34.0 Å². The standard InChI is InChI=1S/C16H25N3O3S.ClH/c1-2-11-23(21,22)19-15-6-4-3-5-14(15)16(20)18-10-8-13-7-9-17-12-13;/h3-6,13,17,19H,2,7-12H2,1H3,(H,18,20);1H. The molecule has 1 heterocycles. The average Bonchev–Trinajstić information content (AvgIpc) is 3.00. The summed E-state index contributed by atoms with van der Waals surface area (Å²) in [5.41, 5.74) is 0.692. The minimum Gasteiger partial charge on any atom is -0.352 e. The Morgan fingerprint density at radius 3 is 2.75 bits per heavy atom. The van der Waals surface area contributed by atoms with Crippen LogP contribution in [0.5, 0.6) is 0 Å². The predicted molar refractivity (Wildman–Crippen MR) is 99.3 cm³/mol. The number of halogens is 1. The summed E-state index contributed by atoms with van der Waals surface area (Å²) in [5, 5.41) is 6.18. The van der Waals surface area contributed by atoms with Gasteiger partial charge in [0, 0.05) is 6.54 Å². The lowest BCUT2D eigenvalue weighted by Crippen LogP contribution is -2.28. The smallest absolute Gasteiger partial charge is 0.253 e. The van der Waals surface area contributed by atoms with Gasteiger partial charge >= 0.3 is 0 Å². The lowest BCUT2D eigenvalue weighted by molar-refractivity contribution is 0.0952. The summed E-state index contributed by atoms with van der Waals surface area (Å²) in [6, 6.07) is 6.69. The van der Waals surface area contributed by atoms with Crippen LogP contribution in [-0.2, 0) is 10.0 Å². The molecule has 1 fully saturated rings. The maximum atomic E-state index is 12.3. The summed E-state index contributed by atoms with van der Waals surface area (Å²) in [7, 11) is -3.41. The number of benzene rings is 1. The van der Waals surface area contributed by atoms with Crippen molar-refractivity contribution in [3.63, 3.8) is 0 Å². The summed E-state index contributed by atoms with van der Waals surface area (Å²) >= 11 is 0. The Hall–Kier alpha value is -1.31. The summed E-state index contributed by atoms with van der Waals surface area (Å²) < 4.78 is 26.3. The van der Waals surface area contributed by atoms with Crippen molar-refractivity contribution in [3.05, 3.63) is 29.8 Å². The Kier molecular flexibility index (Phi) is 8.52. The average molecular weight is 376 g/mol. The molecule has 1 aliphatic heterocycles. The van der Waals surface area contributed by atoms with E-state index in [0.29, 0.717) is 30.1 Å². The van der Waals surface area contributed by atoms with E-state index in [0.717, 1.165) is 25.9 Å². The Bertz CT molecular complexity index is 631. The molecule has 0 aliphatic carbocycles. The van der Waals surface area contributed by atoms with E-state index < -0.39 is 10.0 Å². The van der Waals surface area contributed by atoms with Gasteiger partial charge in [0.1, 0.15) is 0 Å². The van der Waals surface area contributed by atoms with Gasteiger partial charge in [-0.25, -0.2) is 8.42 Å². The van der Waals surface area contributed by atoms with Gasteiger partial charge in [-0.2, -0.15) is 0 Å². The molecule has 136 valence electrons. The largest absolute Gasteiger partial charge is 0.352 e. The van der Waals surface area contributed by atoms with Crippen LogP contribution in [0.4, 0.5) is 5.69 Å². The quantitative estimate of drug-likeness (QED) is 0.648. The van der Waals surface area contributed by atoms with Crippen molar-refractivity contribution in [3.8, 4) is 0 Å². The molecule has 2 rings (SSSR count). The van der Waals surface area contributed by atoms with Crippen LogP contribution in [-0.4, -0.2) is 39.7 Å². The van der Waals surface area contributed by atoms with Crippen LogP contribution in [0.2, 0.25) is 0 Å². The van der Waals surface area contributed by atoms with Gasteiger partial charge in [-0.3, -0.25) is 9.52 Å². The van der Waals surface area contributed by atoms with Crippen LogP contribution in [0.3, 0.4) is 0 Å². The molecule has 1 aromatic rings. The number of nitrogens with one attached hydrogen (secondary N) is 3. The van der Waals surface area contributed by atoms with E-state index in [1.807, 2.05) is 0 Å². The van der Waals surface area contributed by atoms with Crippen LogP contribution in [0.15, 0.2) is 24.3 Å². The van der Waals surface area contributed by atoms with E-state index in [1.165, 1.54) is 0 Å². The normalized spacial score (nSPS) is 17.1. The number of carbonyl (C=O) groups excluding carboxylic acids is 1. The highest BCUT2D eigenvalue weighted by molar-refractivity contribution is 7.92. The minimum absolute atomic E-state index is 0. The van der Waals surface area contributed by atoms with E-state index in [-0.39, 0.29) is 24.1 Å². The Morgan fingerprint density at radius 2 is 2.08 bits per heavy atom. The maximum Gasteiger partial charge on any atom is 0.253 e. The molecule has 24 heavy (non-hydrogen) atoms. The first kappa shape index (κ1) is 20.7. The molecule has 6 nitrogen and oxygen atoms in total. The van der Waals surface area contributed by atoms with Crippen LogP contribution in [0, 0.1) is 5.92 Å². The lowest BCUT2D eigenvalue weighted by Gasteiger charge is -2.13. The Balaban J connectivity index is 0.00000288. The first-order chi connectivity index (χ1) is 11.0. The zero-order valence-corrected chi connectivity index (χ0v) is 15.5. The van der Waals surface area contributed by atoms with E-state index in [1.54, 1.807) is 31.2 Å². The molecule has 1 atom stereocenters. The molecule has 8 heteroatoms. The van der Waals surface area contributed by atoms with Gasteiger partial charge in [-0.15, -0.1) is 12.4 Å². The fourth-order valence-corrected chi connectivity index (χ4v) is 3.86. The van der Waals surface area contributed by atoms with Crippen LogP contribution in [0.1, 0.15) is 36.5 Å². The molecule has 1 amide bonds. The van der Waals surface area contributed by atoms with E-state index in [2.05, 4.69) is 15.4 Å². The van der Waals surface area contributed by atoms with Crippen molar-refractivity contribution in [1.82, 2.24) is 10.6 Å². The third kappa shape index (κ3) is 6.30. The van der Waals surface area contributed by atoms with E-state index in [4.69, 9.17) is 0 Å². The number of anilines is 1. The van der Waals surface area contributed by atoms with Gasteiger partial charge < -0.3 is 10.6 Å². The molecule has 1 saturated heterocycles. The number of carbonyl (C=O) groups is 1. The second kappa shape index (κ2) is 9.86. The zero-order chi connectivity index (χ0) is 16.7. The number of sulfonamides is 1. The van der Waals surface area contributed by atoms with Crippen LogP contribution >= 0.6 is 12.4 Å². The van der Waals surface area contributed by atoms with Crippen LogP contribution in [0.25, 0.3) is 0 Å². The Labute approximate surface area is 150 Å². The monoisotopic (exact) mass is 375 g/mol. The third-order valence-corrected chi connectivity index (χ3v) is 5.39. The molecule has 1 unspecified atom stereocenters. The summed E-state index contributed by atoms with van der Waals surface area (Å²) in [4.78, 5) is 12.3. The fourth-order valence-electron chi connectivity index (χ4n) is 2.70. The fraction of sp³-hybridized carbons (Fsp3) is 0.562. The SMILES string of the molecule is CCCS(=O)(=O)Nc1ccccc1C(=O)NCCC1CCNC1.Cl. The first-order valence-electron chi connectivity index (χ1n) is 8.10. The molecule has 0 aromatic heterocycles. The predicted octanol–water partition coefficient (Wildman–Crippen LogP) is 1.99. The van der Waals surface area contributed by atoms with Gasteiger partial charge in [0.05, 0.1) is 17.0 Å². The van der Waals surface area contributed by atoms with Gasteiger partial charge in [-0.05, 0) is 50.4 Å². The van der Waals surface area contributed by atoms with Gasteiger partial charge in [-0.1, -0.05) is 19.1 Å². The van der Waals surface area contributed by atoms with Crippen molar-refractivity contribution < 1.29 is 13.2 Å². The van der Waals surface area contributed by atoms with Crippen molar-refractivity contribution in [2.24, 2.45) is 5.92 Å². The highest BCUT2D eigenvalue weighted by atomic mass is 35.5.